The molecule has 0 bridgehead atoms. The van der Waals surface area contributed by atoms with Crippen LogP contribution in [-0.2, 0) is 0 Å². The highest BCUT2D eigenvalue weighted by Crippen LogP contribution is 2.47. The van der Waals surface area contributed by atoms with E-state index < -0.39 is 13.4 Å². The zero-order valence-corrected chi connectivity index (χ0v) is 17.2. The van der Waals surface area contributed by atoms with Gasteiger partial charge in [0.25, 0.3) is 0 Å². The summed E-state index contributed by atoms with van der Waals surface area (Å²) in [5.41, 5.74) is 4.37. The molecular weight excluding hydrogens is 330 g/mol. The molecular formula is C24H30BP. The van der Waals surface area contributed by atoms with Gasteiger partial charge in [0, 0.05) is 27.3 Å². The molecule has 0 aliphatic carbocycles. The lowest BCUT2D eigenvalue weighted by Crippen LogP contribution is -2.67. The van der Waals surface area contributed by atoms with E-state index in [0.717, 1.165) is 0 Å². The highest BCUT2D eigenvalue weighted by molar-refractivity contribution is 7.73. The molecule has 0 atom stereocenters. The molecule has 0 N–H and O–H groups in total. The maximum absolute atomic E-state index is 2.45. The Labute approximate surface area is 159 Å². The minimum absolute atomic E-state index is 0.766. The van der Waals surface area contributed by atoms with Crippen molar-refractivity contribution in [2.75, 3.05) is 26.2 Å². The van der Waals surface area contributed by atoms with Crippen molar-refractivity contribution in [1.29, 1.82) is 0 Å². The Morgan fingerprint density at radius 2 is 0.923 bits per heavy atom. The van der Waals surface area contributed by atoms with Crippen LogP contribution in [-0.4, -0.2) is 32.3 Å². The Hall–Kier alpha value is -1.85. The van der Waals surface area contributed by atoms with Crippen LogP contribution in [0.25, 0.3) is 0 Å². The molecule has 2 heteroatoms. The lowest BCUT2D eigenvalue weighted by Gasteiger charge is -2.43. The van der Waals surface area contributed by atoms with Crippen molar-refractivity contribution in [3.63, 3.8) is 0 Å². The summed E-state index contributed by atoms with van der Waals surface area (Å²) in [7, 11) is -0.766. The van der Waals surface area contributed by atoms with Gasteiger partial charge in [-0.2, -0.15) is 22.7 Å². The topological polar surface area (TPSA) is 0 Å². The Balaban J connectivity index is 2.15. The third-order valence-electron chi connectivity index (χ3n) is 5.57. The monoisotopic (exact) mass is 360 g/mol. The summed E-state index contributed by atoms with van der Waals surface area (Å²) < 4.78 is 0. The van der Waals surface area contributed by atoms with E-state index in [-0.39, 0.29) is 0 Å². The van der Waals surface area contributed by atoms with Crippen LogP contribution in [0.1, 0.15) is 6.42 Å². The van der Waals surface area contributed by atoms with Gasteiger partial charge in [0.1, 0.15) is 0 Å². The number of benzene rings is 3. The lowest BCUT2D eigenvalue weighted by atomic mass is 9.14. The zero-order chi connectivity index (χ0) is 18.5. The van der Waals surface area contributed by atoms with Gasteiger partial charge in [-0.05, 0) is 6.42 Å². The van der Waals surface area contributed by atoms with E-state index in [1.165, 1.54) is 35.3 Å². The molecule has 3 aromatic carbocycles. The number of hydrogen-bond donors (Lipinski definition) is 0. The van der Waals surface area contributed by atoms with Crippen molar-refractivity contribution in [2.45, 2.75) is 12.7 Å². The Morgan fingerprint density at radius 1 is 0.577 bits per heavy atom. The van der Waals surface area contributed by atoms with Crippen molar-refractivity contribution in [3.8, 4) is 0 Å². The smallest absolute Gasteiger partial charge is 0.0816 e. The molecule has 0 fully saturated rings. The molecule has 0 spiro atoms. The first kappa shape index (κ1) is 18.9. The molecule has 0 amide bonds. The predicted molar refractivity (Wildman–Crippen MR) is 123 cm³/mol. The fourth-order valence-electron chi connectivity index (χ4n) is 4.29. The van der Waals surface area contributed by atoms with Crippen LogP contribution in [0.2, 0.25) is 6.32 Å². The molecule has 0 aliphatic rings. The molecule has 134 valence electrons. The molecule has 0 saturated heterocycles. The van der Waals surface area contributed by atoms with Crippen molar-refractivity contribution >= 4 is 29.8 Å². The summed E-state index contributed by atoms with van der Waals surface area (Å²) in [4.78, 5) is 0. The van der Waals surface area contributed by atoms with Crippen LogP contribution >= 0.6 is 7.26 Å². The van der Waals surface area contributed by atoms with Crippen LogP contribution in [0, 0.1) is 0 Å². The van der Waals surface area contributed by atoms with Crippen LogP contribution < -0.4 is 16.4 Å². The van der Waals surface area contributed by atoms with Crippen molar-refractivity contribution in [2.24, 2.45) is 0 Å². The normalized spacial score (nSPS) is 12.1. The van der Waals surface area contributed by atoms with E-state index in [1.54, 1.807) is 0 Å². The Bertz CT molecular complexity index is 695. The molecule has 3 rings (SSSR count). The van der Waals surface area contributed by atoms with Crippen molar-refractivity contribution < 1.29 is 0 Å². The molecule has 0 saturated carbocycles. The maximum Gasteiger partial charge on any atom is 0.0816 e. The second kappa shape index (κ2) is 8.23. The minimum atomic E-state index is -0.949. The summed E-state index contributed by atoms with van der Waals surface area (Å²) in [6.07, 6.45) is 2.88. The molecule has 0 aromatic heterocycles. The van der Waals surface area contributed by atoms with E-state index in [4.69, 9.17) is 0 Å². The van der Waals surface area contributed by atoms with Crippen molar-refractivity contribution in [1.82, 2.24) is 0 Å². The molecule has 26 heavy (non-hydrogen) atoms. The van der Waals surface area contributed by atoms with Crippen LogP contribution in [0.3, 0.4) is 0 Å². The van der Waals surface area contributed by atoms with Gasteiger partial charge < -0.3 is 0 Å². The fourth-order valence-corrected chi connectivity index (χ4v) is 5.43. The highest BCUT2D eigenvalue weighted by Gasteiger charge is 2.30. The average molecular weight is 360 g/mol. The van der Waals surface area contributed by atoms with Gasteiger partial charge in [0.15, 0.2) is 0 Å². The number of rotatable bonds is 7. The van der Waals surface area contributed by atoms with E-state index in [1.807, 2.05) is 0 Å². The zero-order valence-electron chi connectivity index (χ0n) is 16.3. The molecule has 0 unspecified atom stereocenters. The second-order valence-corrected chi connectivity index (χ2v) is 13.5. The van der Waals surface area contributed by atoms with Crippen LogP contribution in [0.4, 0.5) is 0 Å². The predicted octanol–water partition coefficient (Wildman–Crippen LogP) is 4.45. The summed E-state index contributed by atoms with van der Waals surface area (Å²) >= 11 is 0. The molecule has 0 nitrogen and oxygen atoms in total. The lowest BCUT2D eigenvalue weighted by molar-refractivity contribution is 1.06. The van der Waals surface area contributed by atoms with Crippen molar-refractivity contribution in [3.05, 3.63) is 91.0 Å². The standard InChI is InChI=1S/C24H30BP/c1-26(2,3)21-13-20-25(22-14-7-4-8-15-22,23-16-9-5-10-17-23)24-18-11-6-12-19-24/h4-12,14-19H,13,20-21H2,1-3H3. The first-order chi connectivity index (χ1) is 12.5. The van der Waals surface area contributed by atoms with Crippen LogP contribution in [0.5, 0.6) is 0 Å². The third kappa shape index (κ3) is 4.28. The number of hydrogen-bond acceptors (Lipinski definition) is 0. The average Bonchev–Trinajstić information content (AvgIpc) is 2.67. The van der Waals surface area contributed by atoms with Gasteiger partial charge in [-0.1, -0.05) is 91.0 Å². The summed E-state index contributed by atoms with van der Waals surface area (Å²) in [6, 6.07) is 33.5. The van der Waals surface area contributed by atoms with E-state index >= 15 is 0 Å². The first-order valence-corrected chi connectivity index (χ1v) is 13.0. The van der Waals surface area contributed by atoms with Gasteiger partial charge in [0.2, 0.25) is 0 Å². The van der Waals surface area contributed by atoms with Gasteiger partial charge in [-0.3, -0.25) is 0 Å². The highest BCUT2D eigenvalue weighted by atomic mass is 31.2. The maximum atomic E-state index is 2.45. The largest absolute Gasteiger partial charge is 0.200 e. The van der Waals surface area contributed by atoms with E-state index in [2.05, 4.69) is 111 Å². The van der Waals surface area contributed by atoms with Gasteiger partial charge in [-0.15, -0.1) is 0 Å². The minimum Gasteiger partial charge on any atom is -0.200 e. The third-order valence-corrected chi connectivity index (χ3v) is 7.23. The Kier molecular flexibility index (Phi) is 5.99. The van der Waals surface area contributed by atoms with E-state index in [0.29, 0.717) is 0 Å². The molecule has 0 aliphatic heterocycles. The molecule has 0 radical (unpaired) electrons. The Morgan fingerprint density at radius 3 is 1.23 bits per heavy atom. The summed E-state index contributed by atoms with van der Waals surface area (Å²) in [5.74, 6) is 0. The fraction of sp³-hybridized carbons (Fsp3) is 0.250. The second-order valence-electron chi connectivity index (χ2n) is 8.43. The summed E-state index contributed by atoms with van der Waals surface area (Å²) in [6.45, 7) is 7.36. The quantitative estimate of drug-likeness (QED) is 0.431. The van der Waals surface area contributed by atoms with E-state index in [9.17, 15) is 0 Å². The van der Waals surface area contributed by atoms with Gasteiger partial charge in [-0.25, -0.2) is 0 Å². The van der Waals surface area contributed by atoms with Crippen LogP contribution in [0.15, 0.2) is 91.0 Å². The van der Waals surface area contributed by atoms with Gasteiger partial charge >= 0.3 is 0 Å². The first-order valence-electron chi connectivity index (χ1n) is 9.66. The van der Waals surface area contributed by atoms with Gasteiger partial charge in [0.05, 0.1) is 12.3 Å². The summed E-state index contributed by atoms with van der Waals surface area (Å²) in [5, 5.41) is 0. The molecule has 3 aromatic rings. The molecule has 0 heterocycles. The SMILES string of the molecule is C[P+](C)(C)CCC[B-](c1ccccc1)(c1ccccc1)c1ccccc1.